The van der Waals surface area contributed by atoms with Gasteiger partial charge in [0, 0.05) is 18.0 Å². The number of benzene rings is 1. The molecular formula is C20H26N2O2S. The van der Waals surface area contributed by atoms with Crippen LogP contribution in [0.2, 0.25) is 0 Å². The van der Waals surface area contributed by atoms with Crippen LogP contribution in [-0.4, -0.2) is 43.7 Å². The second-order valence-electron chi connectivity index (χ2n) is 6.76. The maximum Gasteiger partial charge on any atom is 0.234 e. The first-order chi connectivity index (χ1) is 12.1. The lowest BCUT2D eigenvalue weighted by atomic mass is 10.0. The van der Waals surface area contributed by atoms with E-state index in [9.17, 15) is 4.79 Å². The third-order valence-electron chi connectivity index (χ3n) is 4.50. The van der Waals surface area contributed by atoms with E-state index in [2.05, 4.69) is 42.6 Å². The molecule has 1 aromatic carbocycles. The van der Waals surface area contributed by atoms with Gasteiger partial charge in [0.15, 0.2) is 0 Å². The fraction of sp³-hybridized carbons (Fsp3) is 0.450. The minimum Gasteiger partial charge on any atom is -0.377 e. The topological polar surface area (TPSA) is 41.6 Å². The molecule has 0 spiro atoms. The van der Waals surface area contributed by atoms with Crippen molar-refractivity contribution in [2.45, 2.75) is 31.9 Å². The predicted octanol–water partition coefficient (Wildman–Crippen LogP) is 3.37. The normalized spacial score (nSPS) is 18.4. The lowest BCUT2D eigenvalue weighted by Crippen LogP contribution is -2.40. The summed E-state index contributed by atoms with van der Waals surface area (Å²) in [5.74, 6) is 0.0412. The monoisotopic (exact) mass is 358 g/mol. The molecule has 5 heteroatoms. The van der Waals surface area contributed by atoms with Gasteiger partial charge in [-0.1, -0.05) is 35.9 Å². The van der Waals surface area contributed by atoms with Gasteiger partial charge in [0.1, 0.15) is 0 Å². The fourth-order valence-corrected chi connectivity index (χ4v) is 3.99. The Hall–Kier alpha value is -1.69. The van der Waals surface area contributed by atoms with Gasteiger partial charge in [-0.2, -0.15) is 0 Å². The molecule has 2 aromatic rings. The highest BCUT2D eigenvalue weighted by atomic mass is 32.1. The van der Waals surface area contributed by atoms with Gasteiger partial charge in [-0.3, -0.25) is 9.69 Å². The van der Waals surface area contributed by atoms with Crippen LogP contribution < -0.4 is 5.32 Å². The molecule has 1 N–H and O–H groups in total. The van der Waals surface area contributed by atoms with E-state index in [1.54, 1.807) is 11.3 Å². The molecule has 1 aromatic heterocycles. The van der Waals surface area contributed by atoms with Crippen molar-refractivity contribution in [3.05, 3.63) is 57.8 Å². The molecule has 1 aliphatic rings. The zero-order chi connectivity index (χ0) is 17.6. The van der Waals surface area contributed by atoms with Crippen LogP contribution in [0.5, 0.6) is 0 Å². The minimum absolute atomic E-state index is 0.0412. The Morgan fingerprint density at radius 1 is 1.36 bits per heavy atom. The third kappa shape index (κ3) is 5.14. The Bertz CT molecular complexity index is 664. The molecule has 1 fully saturated rings. The molecule has 0 bridgehead atoms. The Kier molecular flexibility index (Phi) is 6.24. The number of carbonyl (C=O) groups excluding carboxylic acids is 1. The van der Waals surface area contributed by atoms with E-state index in [4.69, 9.17) is 4.74 Å². The van der Waals surface area contributed by atoms with Crippen LogP contribution in [0.25, 0.3) is 0 Å². The van der Waals surface area contributed by atoms with Gasteiger partial charge in [0.2, 0.25) is 5.91 Å². The fourth-order valence-electron chi connectivity index (χ4n) is 3.19. The van der Waals surface area contributed by atoms with Gasteiger partial charge in [-0.25, -0.2) is 0 Å². The van der Waals surface area contributed by atoms with Crippen molar-refractivity contribution in [1.82, 2.24) is 10.2 Å². The van der Waals surface area contributed by atoms with Crippen LogP contribution in [0.1, 0.15) is 34.9 Å². The van der Waals surface area contributed by atoms with Crippen molar-refractivity contribution in [3.63, 3.8) is 0 Å². The largest absolute Gasteiger partial charge is 0.377 e. The van der Waals surface area contributed by atoms with Crippen molar-refractivity contribution in [3.8, 4) is 0 Å². The zero-order valence-corrected chi connectivity index (χ0v) is 15.7. The van der Waals surface area contributed by atoms with Crippen LogP contribution in [0.3, 0.4) is 0 Å². The van der Waals surface area contributed by atoms with Gasteiger partial charge in [0.05, 0.1) is 18.7 Å². The van der Waals surface area contributed by atoms with Gasteiger partial charge in [0.25, 0.3) is 0 Å². The Morgan fingerprint density at radius 2 is 2.16 bits per heavy atom. The summed E-state index contributed by atoms with van der Waals surface area (Å²) in [6, 6.07) is 12.4. The average molecular weight is 359 g/mol. The third-order valence-corrected chi connectivity index (χ3v) is 5.43. The van der Waals surface area contributed by atoms with E-state index in [1.165, 1.54) is 5.56 Å². The summed E-state index contributed by atoms with van der Waals surface area (Å²) >= 11 is 1.67. The van der Waals surface area contributed by atoms with Gasteiger partial charge in [-0.15, -0.1) is 11.3 Å². The first-order valence-electron chi connectivity index (χ1n) is 8.81. The average Bonchev–Trinajstić information content (AvgIpc) is 3.27. The molecule has 1 saturated heterocycles. The quantitative estimate of drug-likeness (QED) is 0.825. The molecule has 0 saturated carbocycles. The van der Waals surface area contributed by atoms with Crippen LogP contribution in [0.4, 0.5) is 0 Å². The number of ether oxygens (including phenoxy) is 1. The maximum atomic E-state index is 12.6. The number of carbonyl (C=O) groups is 1. The minimum atomic E-state index is -0.0933. The van der Waals surface area contributed by atoms with Crippen LogP contribution in [-0.2, 0) is 9.53 Å². The second kappa shape index (κ2) is 8.61. The molecule has 0 radical (unpaired) electrons. The van der Waals surface area contributed by atoms with E-state index < -0.39 is 0 Å². The molecular weight excluding hydrogens is 332 g/mol. The number of hydrogen-bond acceptors (Lipinski definition) is 4. The summed E-state index contributed by atoms with van der Waals surface area (Å²) in [6.45, 7) is 4.11. The summed E-state index contributed by atoms with van der Waals surface area (Å²) in [5, 5.41) is 5.25. The molecule has 3 rings (SSSR count). The summed E-state index contributed by atoms with van der Waals surface area (Å²) in [5.41, 5.74) is 2.33. The molecule has 0 aliphatic carbocycles. The number of hydrogen-bond donors (Lipinski definition) is 1. The van der Waals surface area contributed by atoms with Crippen molar-refractivity contribution in [2.24, 2.45) is 0 Å². The molecule has 4 nitrogen and oxygen atoms in total. The van der Waals surface area contributed by atoms with E-state index in [0.717, 1.165) is 36.4 Å². The highest BCUT2D eigenvalue weighted by Crippen LogP contribution is 2.26. The number of aryl methyl sites for hydroxylation is 1. The first-order valence-corrected chi connectivity index (χ1v) is 9.69. The molecule has 1 aliphatic heterocycles. The van der Waals surface area contributed by atoms with Crippen molar-refractivity contribution >= 4 is 17.2 Å². The number of nitrogens with one attached hydrogen (secondary N) is 1. The summed E-state index contributed by atoms with van der Waals surface area (Å²) in [6.07, 6.45) is 2.48. The van der Waals surface area contributed by atoms with Gasteiger partial charge in [-0.05, 0) is 43.8 Å². The smallest absolute Gasteiger partial charge is 0.234 e. The van der Waals surface area contributed by atoms with E-state index in [0.29, 0.717) is 6.54 Å². The van der Waals surface area contributed by atoms with Gasteiger partial charge < -0.3 is 10.1 Å². The van der Waals surface area contributed by atoms with Crippen LogP contribution in [0.15, 0.2) is 41.8 Å². The highest BCUT2D eigenvalue weighted by Gasteiger charge is 2.21. The Balaban J connectivity index is 1.63. The molecule has 1 amide bonds. The second-order valence-corrected chi connectivity index (χ2v) is 7.74. The zero-order valence-electron chi connectivity index (χ0n) is 14.9. The molecule has 25 heavy (non-hydrogen) atoms. The highest BCUT2D eigenvalue weighted by molar-refractivity contribution is 7.10. The lowest BCUT2D eigenvalue weighted by Gasteiger charge is -2.23. The molecule has 134 valence electrons. The summed E-state index contributed by atoms with van der Waals surface area (Å²) < 4.78 is 5.65. The van der Waals surface area contributed by atoms with Crippen molar-refractivity contribution < 1.29 is 9.53 Å². The predicted molar refractivity (Wildman–Crippen MR) is 102 cm³/mol. The number of likely N-dealkylation sites (N-methyl/N-ethyl adjacent to an activating group) is 1. The molecule has 2 heterocycles. The summed E-state index contributed by atoms with van der Waals surface area (Å²) in [7, 11) is 1.98. The first kappa shape index (κ1) is 18.1. The van der Waals surface area contributed by atoms with E-state index in [-0.39, 0.29) is 18.1 Å². The van der Waals surface area contributed by atoms with Gasteiger partial charge >= 0.3 is 0 Å². The van der Waals surface area contributed by atoms with E-state index >= 15 is 0 Å². The molecule has 2 unspecified atom stereocenters. The number of amides is 1. The van der Waals surface area contributed by atoms with Crippen LogP contribution >= 0.6 is 11.3 Å². The number of nitrogens with zero attached hydrogens (tertiary/aromatic N) is 1. The maximum absolute atomic E-state index is 12.6. The standard InChI is InChI=1S/C20H26N2O2S/c1-15-7-9-16(10-8-15)20(18-6-4-12-25-18)21-19(23)14-22(2)13-17-5-3-11-24-17/h4,6-10,12,17,20H,3,5,11,13-14H2,1-2H3,(H,21,23). The van der Waals surface area contributed by atoms with Crippen molar-refractivity contribution in [1.29, 1.82) is 0 Å². The van der Waals surface area contributed by atoms with E-state index in [1.807, 2.05) is 23.4 Å². The molecule has 2 atom stereocenters. The number of thiophene rings is 1. The van der Waals surface area contributed by atoms with Crippen LogP contribution in [0, 0.1) is 6.92 Å². The van der Waals surface area contributed by atoms with Crippen molar-refractivity contribution in [2.75, 3.05) is 26.7 Å². The lowest BCUT2D eigenvalue weighted by molar-refractivity contribution is -0.122. The summed E-state index contributed by atoms with van der Waals surface area (Å²) in [4.78, 5) is 15.8. The Labute approximate surface area is 153 Å². The Morgan fingerprint density at radius 3 is 2.80 bits per heavy atom. The SMILES string of the molecule is Cc1ccc(C(NC(=O)CN(C)CC2CCCO2)c2cccs2)cc1. The number of rotatable bonds is 7.